The summed E-state index contributed by atoms with van der Waals surface area (Å²) in [7, 11) is 0. The number of thiazole rings is 1. The maximum absolute atomic E-state index is 14.0. The second-order valence-corrected chi connectivity index (χ2v) is 11.8. The number of benzene rings is 4. The molecule has 9 nitrogen and oxygen atoms in total. The molecule has 2 heterocycles. The maximum Gasteiger partial charge on any atom is 0.335 e. The Morgan fingerprint density at radius 2 is 1.57 bits per heavy atom. The van der Waals surface area contributed by atoms with Crippen LogP contribution in [0.25, 0.3) is 6.08 Å². The molecule has 0 saturated heterocycles. The van der Waals surface area contributed by atoms with E-state index in [0.29, 0.717) is 44.4 Å². The summed E-state index contributed by atoms with van der Waals surface area (Å²) in [6, 6.07) is 29.8. The fraction of sp³-hybridized carbons (Fsp3) is 0.135. The van der Waals surface area contributed by atoms with Gasteiger partial charge in [0.05, 0.1) is 34.0 Å². The molecule has 10 heteroatoms. The van der Waals surface area contributed by atoms with Crippen LogP contribution in [0.4, 0.5) is 5.69 Å². The van der Waals surface area contributed by atoms with Crippen LogP contribution in [-0.4, -0.2) is 28.2 Å². The van der Waals surface area contributed by atoms with Crippen LogP contribution in [0.3, 0.4) is 0 Å². The van der Waals surface area contributed by atoms with E-state index in [4.69, 9.17) is 19.6 Å². The Bertz CT molecular complexity index is 2130. The lowest BCUT2D eigenvalue weighted by atomic mass is 9.95. The van der Waals surface area contributed by atoms with Crippen LogP contribution < -0.4 is 29.7 Å². The van der Waals surface area contributed by atoms with Crippen LogP contribution in [0, 0.1) is 0 Å². The summed E-state index contributed by atoms with van der Waals surface area (Å²) in [5, 5.41) is 12.1. The van der Waals surface area contributed by atoms with Crippen molar-refractivity contribution in [3.8, 4) is 11.5 Å². The number of carbonyl (C=O) groups is 2. The van der Waals surface area contributed by atoms with Crippen LogP contribution in [0.5, 0.6) is 11.5 Å². The van der Waals surface area contributed by atoms with Gasteiger partial charge in [0, 0.05) is 5.69 Å². The third-order valence-corrected chi connectivity index (χ3v) is 8.57. The summed E-state index contributed by atoms with van der Waals surface area (Å²) >= 11 is 1.27. The molecule has 0 saturated carbocycles. The van der Waals surface area contributed by atoms with Gasteiger partial charge in [0.1, 0.15) is 18.1 Å². The van der Waals surface area contributed by atoms with Crippen molar-refractivity contribution in [2.75, 3.05) is 11.9 Å². The molecule has 5 aromatic rings. The number of anilines is 1. The molecular formula is C37H31N3O6S. The van der Waals surface area contributed by atoms with E-state index in [-0.39, 0.29) is 23.6 Å². The van der Waals surface area contributed by atoms with E-state index in [9.17, 15) is 14.4 Å². The van der Waals surface area contributed by atoms with Gasteiger partial charge in [-0.3, -0.25) is 14.2 Å². The van der Waals surface area contributed by atoms with Crippen molar-refractivity contribution in [3.05, 3.63) is 156 Å². The molecular weight excluding hydrogens is 614 g/mol. The number of fused-ring (bicyclic) bond motifs is 1. The Morgan fingerprint density at radius 1 is 0.915 bits per heavy atom. The third-order valence-electron chi connectivity index (χ3n) is 7.59. The molecule has 0 fully saturated rings. The molecule has 1 amide bonds. The molecule has 236 valence electrons. The van der Waals surface area contributed by atoms with Crippen molar-refractivity contribution in [1.82, 2.24) is 4.57 Å². The molecule has 1 aliphatic rings. The highest BCUT2D eigenvalue weighted by molar-refractivity contribution is 7.07. The summed E-state index contributed by atoms with van der Waals surface area (Å²) in [4.78, 5) is 44.1. The standard InChI is InChI=1S/C37H31N3O6S/c1-3-45-29-19-15-26(16-20-29)33-32(34(41)39-28-7-5-4-6-8-28)23(2)38-37-40(33)35(42)31(47-37)21-24-11-17-30(18-12-24)46-22-25-9-13-27(14-10-25)36(43)44/h4-21,33H,3,22H2,1-2H3,(H,39,41)(H,43,44)/b31-21+/t33-/m0/s1. The minimum absolute atomic E-state index is 0.219. The van der Waals surface area contributed by atoms with E-state index in [1.165, 1.54) is 11.3 Å². The molecule has 1 aromatic heterocycles. The van der Waals surface area contributed by atoms with Crippen molar-refractivity contribution in [3.63, 3.8) is 0 Å². The van der Waals surface area contributed by atoms with E-state index in [2.05, 4.69) is 5.32 Å². The van der Waals surface area contributed by atoms with Crippen molar-refractivity contribution >= 4 is 35.0 Å². The first kappa shape index (κ1) is 31.3. The SMILES string of the molecule is CCOc1ccc([C@H]2C(C(=O)Nc3ccccc3)=C(C)N=c3s/c(=C/c4ccc(OCc5ccc(C(=O)O)cc5)cc4)c(=O)n32)cc1. The van der Waals surface area contributed by atoms with Crippen molar-refractivity contribution < 1.29 is 24.2 Å². The topological polar surface area (TPSA) is 119 Å². The van der Waals surface area contributed by atoms with Gasteiger partial charge in [0.15, 0.2) is 4.80 Å². The van der Waals surface area contributed by atoms with Gasteiger partial charge in [0.25, 0.3) is 11.5 Å². The molecule has 47 heavy (non-hydrogen) atoms. The van der Waals surface area contributed by atoms with Gasteiger partial charge in [-0.05, 0) is 85.1 Å². The van der Waals surface area contributed by atoms with Crippen LogP contribution >= 0.6 is 11.3 Å². The monoisotopic (exact) mass is 645 g/mol. The predicted octanol–water partition coefficient (Wildman–Crippen LogP) is 5.55. The second-order valence-electron chi connectivity index (χ2n) is 10.8. The number of nitrogens with one attached hydrogen (secondary N) is 1. The molecule has 1 aliphatic heterocycles. The number of rotatable bonds is 10. The molecule has 4 aromatic carbocycles. The third kappa shape index (κ3) is 6.92. The average Bonchev–Trinajstić information content (AvgIpc) is 3.38. The van der Waals surface area contributed by atoms with Crippen LogP contribution in [0.15, 0.2) is 124 Å². The highest BCUT2D eigenvalue weighted by Gasteiger charge is 2.32. The lowest BCUT2D eigenvalue weighted by Gasteiger charge is -2.25. The summed E-state index contributed by atoms with van der Waals surface area (Å²) < 4.78 is 13.6. The molecule has 1 atom stereocenters. The van der Waals surface area contributed by atoms with E-state index < -0.39 is 12.0 Å². The summed E-state index contributed by atoms with van der Waals surface area (Å²) in [6.45, 7) is 4.50. The lowest BCUT2D eigenvalue weighted by molar-refractivity contribution is -0.113. The molecule has 0 spiro atoms. The zero-order chi connectivity index (χ0) is 32.9. The zero-order valence-electron chi connectivity index (χ0n) is 25.7. The van der Waals surface area contributed by atoms with E-state index in [1.54, 1.807) is 41.8 Å². The van der Waals surface area contributed by atoms with Crippen molar-refractivity contribution in [1.29, 1.82) is 0 Å². The number of allylic oxidation sites excluding steroid dienone is 1. The first-order chi connectivity index (χ1) is 22.8. The maximum atomic E-state index is 14.0. The number of aromatic nitrogens is 1. The highest BCUT2D eigenvalue weighted by atomic mass is 32.1. The molecule has 0 aliphatic carbocycles. The lowest BCUT2D eigenvalue weighted by Crippen LogP contribution is -2.40. The summed E-state index contributed by atoms with van der Waals surface area (Å²) in [5.74, 6) is 0.0182. The molecule has 6 rings (SSSR count). The van der Waals surface area contributed by atoms with Crippen molar-refractivity contribution in [2.24, 2.45) is 4.99 Å². The van der Waals surface area contributed by atoms with E-state index in [1.807, 2.05) is 85.8 Å². The number of ether oxygens (including phenoxy) is 2. The number of para-hydroxylation sites is 1. The normalized spacial score (nSPS) is 14.3. The number of hydrogen-bond donors (Lipinski definition) is 2. The Morgan fingerprint density at radius 3 is 2.23 bits per heavy atom. The number of aromatic carboxylic acids is 1. The Labute approximate surface area is 274 Å². The molecule has 0 radical (unpaired) electrons. The van der Waals surface area contributed by atoms with Gasteiger partial charge in [-0.15, -0.1) is 0 Å². The minimum Gasteiger partial charge on any atom is -0.494 e. The molecule has 0 unspecified atom stereocenters. The van der Waals surface area contributed by atoms with Gasteiger partial charge in [-0.1, -0.05) is 65.9 Å². The average molecular weight is 646 g/mol. The van der Waals surface area contributed by atoms with Gasteiger partial charge in [-0.25, -0.2) is 9.79 Å². The Hall–Kier alpha value is -5.74. The van der Waals surface area contributed by atoms with Crippen LogP contribution in [0.2, 0.25) is 0 Å². The largest absolute Gasteiger partial charge is 0.494 e. The second kappa shape index (κ2) is 13.7. The van der Waals surface area contributed by atoms with Gasteiger partial charge < -0.3 is 19.9 Å². The van der Waals surface area contributed by atoms with E-state index >= 15 is 0 Å². The first-order valence-corrected chi connectivity index (χ1v) is 15.8. The van der Waals surface area contributed by atoms with Crippen LogP contribution in [-0.2, 0) is 11.4 Å². The Balaban J connectivity index is 1.31. The zero-order valence-corrected chi connectivity index (χ0v) is 26.5. The van der Waals surface area contributed by atoms with Gasteiger partial charge in [-0.2, -0.15) is 0 Å². The fourth-order valence-electron chi connectivity index (χ4n) is 5.28. The minimum atomic E-state index is -0.976. The Kier molecular flexibility index (Phi) is 9.12. The van der Waals surface area contributed by atoms with Gasteiger partial charge >= 0.3 is 5.97 Å². The summed E-state index contributed by atoms with van der Waals surface area (Å²) in [6.07, 6.45) is 1.80. The number of carbonyl (C=O) groups excluding carboxylic acids is 1. The van der Waals surface area contributed by atoms with Crippen molar-refractivity contribution in [2.45, 2.75) is 26.5 Å². The van der Waals surface area contributed by atoms with E-state index in [0.717, 1.165) is 16.7 Å². The van der Waals surface area contributed by atoms with Crippen LogP contribution in [0.1, 0.15) is 46.9 Å². The number of hydrogen-bond acceptors (Lipinski definition) is 7. The highest BCUT2D eigenvalue weighted by Crippen LogP contribution is 2.32. The van der Waals surface area contributed by atoms with Gasteiger partial charge in [0.2, 0.25) is 0 Å². The smallest absolute Gasteiger partial charge is 0.335 e. The summed E-state index contributed by atoms with van der Waals surface area (Å²) in [5.41, 5.74) is 3.92. The molecule has 2 N–H and O–H groups in total. The number of nitrogens with zero attached hydrogens (tertiary/aromatic N) is 2. The fourth-order valence-corrected chi connectivity index (χ4v) is 6.33. The number of carboxylic acids is 1. The number of carboxylic acid groups (broad SMARTS) is 1. The number of amides is 1. The first-order valence-electron chi connectivity index (χ1n) is 15.0. The quantitative estimate of drug-likeness (QED) is 0.206. The molecule has 0 bridgehead atoms. The predicted molar refractivity (Wildman–Crippen MR) is 181 cm³/mol.